The van der Waals surface area contributed by atoms with E-state index in [1.165, 1.54) is 0 Å². The van der Waals surface area contributed by atoms with E-state index in [2.05, 4.69) is 6.92 Å². The van der Waals surface area contributed by atoms with E-state index in [0.29, 0.717) is 12.3 Å². The first-order valence-electron chi connectivity index (χ1n) is 4.91. The highest BCUT2D eigenvalue weighted by Crippen LogP contribution is 2.14. The molecule has 0 fully saturated rings. The molecule has 0 aromatic carbocycles. The van der Waals surface area contributed by atoms with Crippen molar-refractivity contribution in [3.63, 3.8) is 0 Å². The van der Waals surface area contributed by atoms with Crippen LogP contribution in [0.25, 0.3) is 0 Å². The summed E-state index contributed by atoms with van der Waals surface area (Å²) in [5, 5.41) is 0. The van der Waals surface area contributed by atoms with Gasteiger partial charge in [0.15, 0.2) is 0 Å². The topological polar surface area (TPSA) is 43.1 Å². The number of nitrogens with two attached hydrogens (primary N) is 1. The van der Waals surface area contributed by atoms with Crippen LogP contribution in [0.1, 0.15) is 40.0 Å². The monoisotopic (exact) mass is 171 g/mol. The second kappa shape index (κ2) is 6.18. The smallest absolute Gasteiger partial charge is 0.140 e. The Labute approximate surface area is 75.5 Å². The summed E-state index contributed by atoms with van der Waals surface area (Å²) in [4.78, 5) is 11.6. The van der Waals surface area contributed by atoms with Crippen LogP contribution in [-0.4, -0.2) is 12.3 Å². The number of rotatable bonds is 6. The van der Waals surface area contributed by atoms with Crippen LogP contribution < -0.4 is 5.73 Å². The van der Waals surface area contributed by atoms with Gasteiger partial charge in [-0.25, -0.2) is 0 Å². The molecule has 0 saturated carbocycles. The standard InChI is InChI=1S/C10H21NO/c1-4-6-8(3)10(12)9(5-2)7-11/h8-9H,4-7,11H2,1-3H3. The lowest BCUT2D eigenvalue weighted by molar-refractivity contribution is -0.126. The third-order valence-corrected chi connectivity index (χ3v) is 2.39. The summed E-state index contributed by atoms with van der Waals surface area (Å²) < 4.78 is 0. The Kier molecular flexibility index (Phi) is 5.99. The molecule has 2 unspecified atom stereocenters. The van der Waals surface area contributed by atoms with E-state index in [1.807, 2.05) is 13.8 Å². The molecule has 2 nitrogen and oxygen atoms in total. The molecule has 0 spiro atoms. The fourth-order valence-corrected chi connectivity index (χ4v) is 1.46. The molecule has 0 aliphatic heterocycles. The van der Waals surface area contributed by atoms with Gasteiger partial charge in [-0.2, -0.15) is 0 Å². The van der Waals surface area contributed by atoms with E-state index in [9.17, 15) is 4.79 Å². The van der Waals surface area contributed by atoms with Crippen molar-refractivity contribution in [3.05, 3.63) is 0 Å². The SMILES string of the molecule is CCCC(C)C(=O)C(CC)CN. The van der Waals surface area contributed by atoms with E-state index < -0.39 is 0 Å². The first-order valence-corrected chi connectivity index (χ1v) is 4.91. The van der Waals surface area contributed by atoms with Gasteiger partial charge in [0.2, 0.25) is 0 Å². The van der Waals surface area contributed by atoms with Gasteiger partial charge in [-0.1, -0.05) is 27.2 Å². The maximum atomic E-state index is 11.6. The lowest BCUT2D eigenvalue weighted by atomic mass is 9.89. The first-order chi connectivity index (χ1) is 5.67. The molecular weight excluding hydrogens is 150 g/mol. The van der Waals surface area contributed by atoms with Crippen molar-refractivity contribution in [2.45, 2.75) is 40.0 Å². The van der Waals surface area contributed by atoms with E-state index >= 15 is 0 Å². The molecule has 0 amide bonds. The van der Waals surface area contributed by atoms with Crippen LogP contribution in [-0.2, 0) is 4.79 Å². The van der Waals surface area contributed by atoms with Crippen LogP contribution in [0.4, 0.5) is 0 Å². The molecule has 0 radical (unpaired) electrons. The normalized spacial score (nSPS) is 15.7. The second-order valence-electron chi connectivity index (χ2n) is 3.43. The average Bonchev–Trinajstić information content (AvgIpc) is 2.07. The Balaban J connectivity index is 3.97. The highest BCUT2D eigenvalue weighted by molar-refractivity contribution is 5.83. The van der Waals surface area contributed by atoms with E-state index in [-0.39, 0.29) is 11.8 Å². The highest BCUT2D eigenvalue weighted by Gasteiger charge is 2.19. The number of hydrogen-bond acceptors (Lipinski definition) is 2. The van der Waals surface area contributed by atoms with Crippen molar-refractivity contribution in [1.29, 1.82) is 0 Å². The zero-order valence-corrected chi connectivity index (χ0v) is 8.47. The Morgan fingerprint density at radius 2 is 2.00 bits per heavy atom. The van der Waals surface area contributed by atoms with Crippen molar-refractivity contribution in [2.24, 2.45) is 17.6 Å². The fourth-order valence-electron chi connectivity index (χ4n) is 1.46. The predicted octanol–water partition coefficient (Wildman–Crippen LogP) is 1.98. The number of carbonyl (C=O) groups is 1. The molecular formula is C10H21NO. The lowest BCUT2D eigenvalue weighted by Crippen LogP contribution is -2.27. The largest absolute Gasteiger partial charge is 0.330 e. The second-order valence-corrected chi connectivity index (χ2v) is 3.43. The van der Waals surface area contributed by atoms with E-state index in [4.69, 9.17) is 5.73 Å². The molecule has 0 aliphatic rings. The molecule has 2 heteroatoms. The minimum Gasteiger partial charge on any atom is -0.330 e. The minimum atomic E-state index is 0.0894. The molecule has 0 bridgehead atoms. The lowest BCUT2D eigenvalue weighted by Gasteiger charge is -2.15. The van der Waals surface area contributed by atoms with Crippen LogP contribution in [0.5, 0.6) is 0 Å². The van der Waals surface area contributed by atoms with Gasteiger partial charge in [-0.05, 0) is 12.8 Å². The third-order valence-electron chi connectivity index (χ3n) is 2.39. The van der Waals surface area contributed by atoms with Crippen molar-refractivity contribution in [1.82, 2.24) is 0 Å². The molecule has 2 N–H and O–H groups in total. The van der Waals surface area contributed by atoms with Gasteiger partial charge in [0.1, 0.15) is 5.78 Å². The van der Waals surface area contributed by atoms with Crippen LogP contribution in [0, 0.1) is 11.8 Å². The summed E-state index contributed by atoms with van der Waals surface area (Å²) in [6.07, 6.45) is 2.95. The molecule has 0 aliphatic carbocycles. The maximum absolute atomic E-state index is 11.6. The highest BCUT2D eigenvalue weighted by atomic mass is 16.1. The summed E-state index contributed by atoms with van der Waals surface area (Å²) in [5.74, 6) is 0.636. The maximum Gasteiger partial charge on any atom is 0.140 e. The van der Waals surface area contributed by atoms with Crippen molar-refractivity contribution in [2.75, 3.05) is 6.54 Å². The van der Waals surface area contributed by atoms with Gasteiger partial charge in [0, 0.05) is 18.4 Å². The van der Waals surface area contributed by atoms with Crippen LogP contribution in [0.2, 0.25) is 0 Å². The summed E-state index contributed by atoms with van der Waals surface area (Å²) in [5.41, 5.74) is 5.50. The fraction of sp³-hybridized carbons (Fsp3) is 0.900. The third kappa shape index (κ3) is 3.35. The van der Waals surface area contributed by atoms with Crippen LogP contribution in [0.15, 0.2) is 0 Å². The zero-order chi connectivity index (χ0) is 9.56. The molecule has 0 heterocycles. The van der Waals surface area contributed by atoms with Gasteiger partial charge in [0.25, 0.3) is 0 Å². The Morgan fingerprint density at radius 1 is 1.42 bits per heavy atom. The molecule has 0 rings (SSSR count). The first kappa shape index (κ1) is 11.6. The van der Waals surface area contributed by atoms with Crippen molar-refractivity contribution in [3.8, 4) is 0 Å². The predicted molar refractivity (Wildman–Crippen MR) is 51.9 cm³/mol. The Morgan fingerprint density at radius 3 is 2.33 bits per heavy atom. The van der Waals surface area contributed by atoms with Crippen molar-refractivity contribution >= 4 is 5.78 Å². The Hall–Kier alpha value is -0.370. The van der Waals surface area contributed by atoms with Crippen LogP contribution >= 0.6 is 0 Å². The molecule has 12 heavy (non-hydrogen) atoms. The summed E-state index contributed by atoms with van der Waals surface area (Å²) in [6, 6.07) is 0. The average molecular weight is 171 g/mol. The minimum absolute atomic E-state index is 0.0894. The van der Waals surface area contributed by atoms with Gasteiger partial charge in [-0.15, -0.1) is 0 Å². The number of carbonyl (C=O) groups excluding carboxylic acids is 1. The van der Waals surface area contributed by atoms with E-state index in [1.54, 1.807) is 0 Å². The summed E-state index contributed by atoms with van der Waals surface area (Å²) >= 11 is 0. The Bertz CT molecular complexity index is 130. The quantitative estimate of drug-likeness (QED) is 0.664. The van der Waals surface area contributed by atoms with Gasteiger partial charge < -0.3 is 5.73 Å². The number of Topliss-reactive ketones (excluding diaryl/α,β-unsaturated/α-hetero) is 1. The molecule has 0 aromatic rings. The van der Waals surface area contributed by atoms with E-state index in [0.717, 1.165) is 19.3 Å². The van der Waals surface area contributed by atoms with Gasteiger partial charge >= 0.3 is 0 Å². The zero-order valence-electron chi connectivity index (χ0n) is 8.47. The summed E-state index contributed by atoms with van der Waals surface area (Å²) in [7, 11) is 0. The number of ketones is 1. The number of hydrogen-bond donors (Lipinski definition) is 1. The van der Waals surface area contributed by atoms with Gasteiger partial charge in [-0.3, -0.25) is 4.79 Å². The molecule has 0 aromatic heterocycles. The molecule has 2 atom stereocenters. The van der Waals surface area contributed by atoms with Crippen LogP contribution in [0.3, 0.4) is 0 Å². The molecule has 0 saturated heterocycles. The van der Waals surface area contributed by atoms with Gasteiger partial charge in [0.05, 0.1) is 0 Å². The summed E-state index contributed by atoms with van der Waals surface area (Å²) in [6.45, 7) is 6.63. The van der Waals surface area contributed by atoms with Crippen molar-refractivity contribution < 1.29 is 4.79 Å². The molecule has 72 valence electrons.